The molecule has 0 radical (unpaired) electrons. The number of methoxy groups -OCH3 is 1. The lowest BCUT2D eigenvalue weighted by Crippen LogP contribution is -2.20. The molecule has 1 aromatic carbocycles. The van der Waals surface area contributed by atoms with E-state index in [1.165, 1.54) is 49.0 Å². The van der Waals surface area contributed by atoms with Crippen LogP contribution in [-0.4, -0.2) is 40.4 Å². The highest BCUT2D eigenvalue weighted by atomic mass is 16.5. The molecular formula is C16H26N2O. The van der Waals surface area contributed by atoms with E-state index in [9.17, 15) is 0 Å². The van der Waals surface area contributed by atoms with Crippen molar-refractivity contribution in [1.29, 1.82) is 0 Å². The standard InChI is InChI=1S/C16H26N2O/c1-18-11-8-15-13-14(6-7-16(15)18)5-3-4-9-17-10-12-19-2/h6-7,13,17H,3-5,8-12H2,1-2H3. The molecule has 0 unspecified atom stereocenters. The van der Waals surface area contributed by atoms with Gasteiger partial charge in [0.05, 0.1) is 6.61 Å². The van der Waals surface area contributed by atoms with Crippen molar-refractivity contribution in [3.05, 3.63) is 29.3 Å². The van der Waals surface area contributed by atoms with Gasteiger partial charge in [0.1, 0.15) is 0 Å². The predicted octanol–water partition coefficient (Wildman–Crippen LogP) is 2.24. The van der Waals surface area contributed by atoms with Crippen LogP contribution >= 0.6 is 0 Å². The van der Waals surface area contributed by atoms with Crippen molar-refractivity contribution >= 4 is 5.69 Å². The van der Waals surface area contributed by atoms with E-state index < -0.39 is 0 Å². The summed E-state index contributed by atoms with van der Waals surface area (Å²) in [4.78, 5) is 2.35. The molecule has 0 spiro atoms. The summed E-state index contributed by atoms with van der Waals surface area (Å²) in [6.45, 7) is 4.03. The van der Waals surface area contributed by atoms with Gasteiger partial charge in [-0.1, -0.05) is 12.1 Å². The van der Waals surface area contributed by atoms with Crippen molar-refractivity contribution < 1.29 is 4.74 Å². The first-order valence-corrected chi connectivity index (χ1v) is 7.34. The number of unbranched alkanes of at least 4 members (excludes halogenated alkanes) is 1. The van der Waals surface area contributed by atoms with Gasteiger partial charge in [-0.05, 0) is 49.4 Å². The van der Waals surface area contributed by atoms with E-state index >= 15 is 0 Å². The SMILES string of the molecule is COCCNCCCCc1ccc2c(c1)CCN2C. The fourth-order valence-corrected chi connectivity index (χ4v) is 2.65. The van der Waals surface area contributed by atoms with Gasteiger partial charge in [0.25, 0.3) is 0 Å². The van der Waals surface area contributed by atoms with Gasteiger partial charge in [-0.3, -0.25) is 0 Å². The topological polar surface area (TPSA) is 24.5 Å². The molecule has 106 valence electrons. The number of likely N-dealkylation sites (N-methyl/N-ethyl adjacent to an activating group) is 1. The van der Waals surface area contributed by atoms with E-state index in [-0.39, 0.29) is 0 Å². The predicted molar refractivity (Wildman–Crippen MR) is 81.1 cm³/mol. The maximum absolute atomic E-state index is 5.00. The van der Waals surface area contributed by atoms with Gasteiger partial charge in [-0.25, -0.2) is 0 Å². The first-order valence-electron chi connectivity index (χ1n) is 7.34. The van der Waals surface area contributed by atoms with Gasteiger partial charge in [0.15, 0.2) is 0 Å². The number of ether oxygens (including phenoxy) is 1. The quantitative estimate of drug-likeness (QED) is 0.727. The van der Waals surface area contributed by atoms with E-state index in [1.807, 2.05) is 0 Å². The number of rotatable bonds is 8. The lowest BCUT2D eigenvalue weighted by Gasteiger charge is -2.12. The molecule has 3 nitrogen and oxygen atoms in total. The first-order chi connectivity index (χ1) is 9.31. The zero-order valence-electron chi connectivity index (χ0n) is 12.2. The molecular weight excluding hydrogens is 236 g/mol. The van der Waals surface area contributed by atoms with Gasteiger partial charge in [-0.2, -0.15) is 0 Å². The Bertz CT molecular complexity index is 392. The lowest BCUT2D eigenvalue weighted by molar-refractivity contribution is 0.199. The third-order valence-corrected chi connectivity index (χ3v) is 3.82. The van der Waals surface area contributed by atoms with E-state index in [0.717, 1.165) is 19.7 Å². The van der Waals surface area contributed by atoms with E-state index in [0.29, 0.717) is 0 Å². The Morgan fingerprint density at radius 3 is 3.00 bits per heavy atom. The van der Waals surface area contributed by atoms with Crippen molar-refractivity contribution in [1.82, 2.24) is 5.32 Å². The molecule has 0 amide bonds. The molecule has 0 aliphatic carbocycles. The zero-order valence-corrected chi connectivity index (χ0v) is 12.2. The second kappa shape index (κ2) is 7.51. The van der Waals surface area contributed by atoms with Crippen LogP contribution in [0.15, 0.2) is 18.2 Å². The number of anilines is 1. The minimum atomic E-state index is 0.804. The maximum Gasteiger partial charge on any atom is 0.0587 e. The Hall–Kier alpha value is -1.06. The number of aryl methyl sites for hydroxylation is 1. The summed E-state index contributed by atoms with van der Waals surface area (Å²) in [7, 11) is 3.92. The van der Waals surface area contributed by atoms with Crippen LogP contribution in [-0.2, 0) is 17.6 Å². The Kier molecular flexibility index (Phi) is 5.67. The van der Waals surface area contributed by atoms with Crippen molar-refractivity contribution in [2.75, 3.05) is 45.3 Å². The van der Waals surface area contributed by atoms with Crippen molar-refractivity contribution in [3.63, 3.8) is 0 Å². The summed E-state index contributed by atoms with van der Waals surface area (Å²) >= 11 is 0. The molecule has 3 heteroatoms. The second-order valence-electron chi connectivity index (χ2n) is 5.33. The molecule has 0 fully saturated rings. The Morgan fingerprint density at radius 2 is 2.16 bits per heavy atom. The van der Waals surface area contributed by atoms with Crippen molar-refractivity contribution in [3.8, 4) is 0 Å². The average molecular weight is 262 g/mol. The molecule has 0 saturated heterocycles. The number of nitrogens with one attached hydrogen (secondary N) is 1. The van der Waals surface area contributed by atoms with Crippen molar-refractivity contribution in [2.24, 2.45) is 0 Å². The minimum Gasteiger partial charge on any atom is -0.383 e. The average Bonchev–Trinajstić information content (AvgIpc) is 2.79. The summed E-state index contributed by atoms with van der Waals surface area (Å²) in [5, 5.41) is 3.39. The van der Waals surface area contributed by atoms with Crippen molar-refractivity contribution in [2.45, 2.75) is 25.7 Å². The fourth-order valence-electron chi connectivity index (χ4n) is 2.65. The molecule has 1 heterocycles. The summed E-state index contributed by atoms with van der Waals surface area (Å²) < 4.78 is 5.00. The third kappa shape index (κ3) is 4.22. The molecule has 0 atom stereocenters. The van der Waals surface area contributed by atoms with E-state index in [4.69, 9.17) is 4.74 Å². The summed E-state index contributed by atoms with van der Waals surface area (Å²) in [5.74, 6) is 0. The largest absolute Gasteiger partial charge is 0.383 e. The highest BCUT2D eigenvalue weighted by molar-refractivity contribution is 5.58. The zero-order chi connectivity index (χ0) is 13.5. The van der Waals surface area contributed by atoms with Crippen LogP contribution in [0.2, 0.25) is 0 Å². The lowest BCUT2D eigenvalue weighted by atomic mass is 10.0. The molecule has 1 N–H and O–H groups in total. The van der Waals surface area contributed by atoms with Gasteiger partial charge in [-0.15, -0.1) is 0 Å². The highest BCUT2D eigenvalue weighted by Crippen LogP contribution is 2.27. The normalized spacial score (nSPS) is 13.9. The second-order valence-corrected chi connectivity index (χ2v) is 5.33. The molecule has 1 aromatic rings. The fraction of sp³-hybridized carbons (Fsp3) is 0.625. The van der Waals surface area contributed by atoms with E-state index in [1.54, 1.807) is 7.11 Å². The summed E-state index contributed by atoms with van der Waals surface area (Å²) in [6.07, 6.45) is 4.90. The Morgan fingerprint density at radius 1 is 1.26 bits per heavy atom. The van der Waals surface area contributed by atoms with Crippen LogP contribution in [0.25, 0.3) is 0 Å². The third-order valence-electron chi connectivity index (χ3n) is 3.82. The van der Waals surface area contributed by atoms with E-state index in [2.05, 4.69) is 35.5 Å². The van der Waals surface area contributed by atoms with Gasteiger partial charge < -0.3 is 15.0 Å². The van der Waals surface area contributed by atoms with Crippen LogP contribution in [0.5, 0.6) is 0 Å². The highest BCUT2D eigenvalue weighted by Gasteiger charge is 2.15. The van der Waals surface area contributed by atoms with Gasteiger partial charge in [0.2, 0.25) is 0 Å². The number of nitrogens with zero attached hydrogens (tertiary/aromatic N) is 1. The molecule has 2 rings (SSSR count). The minimum absolute atomic E-state index is 0.804. The van der Waals surface area contributed by atoms with Crippen LogP contribution in [0.3, 0.4) is 0 Å². The molecule has 0 saturated carbocycles. The van der Waals surface area contributed by atoms with Crippen LogP contribution in [0.4, 0.5) is 5.69 Å². The molecule has 19 heavy (non-hydrogen) atoms. The Labute approximate surface area is 116 Å². The summed E-state index contributed by atoms with van der Waals surface area (Å²) in [5.41, 5.74) is 4.44. The molecule has 0 bridgehead atoms. The molecule has 1 aliphatic rings. The number of hydrogen-bond acceptors (Lipinski definition) is 3. The number of hydrogen-bond donors (Lipinski definition) is 1. The summed E-state index contributed by atoms with van der Waals surface area (Å²) in [6, 6.07) is 6.98. The van der Waals surface area contributed by atoms with Gasteiger partial charge in [0, 0.05) is 32.9 Å². The smallest absolute Gasteiger partial charge is 0.0587 e. The molecule has 0 aromatic heterocycles. The number of fused-ring (bicyclic) bond motifs is 1. The maximum atomic E-state index is 5.00. The van der Waals surface area contributed by atoms with Crippen LogP contribution < -0.4 is 10.2 Å². The first kappa shape index (κ1) is 14.4. The monoisotopic (exact) mass is 262 g/mol. The van der Waals surface area contributed by atoms with Gasteiger partial charge >= 0.3 is 0 Å². The van der Waals surface area contributed by atoms with Crippen LogP contribution in [0.1, 0.15) is 24.0 Å². The Balaban J connectivity index is 1.67. The number of benzene rings is 1. The molecule has 1 aliphatic heterocycles. The van der Waals surface area contributed by atoms with Crippen LogP contribution in [0, 0.1) is 0 Å².